The number of halogens is 1. The maximum Gasteiger partial charge on any atom is 0.152 e. The van der Waals surface area contributed by atoms with E-state index in [2.05, 4.69) is 9.88 Å². The molecular weight excluding hydrogens is 353 g/mol. The summed E-state index contributed by atoms with van der Waals surface area (Å²) < 4.78 is 39.7. The van der Waals surface area contributed by atoms with E-state index >= 15 is 0 Å². The molecule has 0 bridgehead atoms. The predicted octanol–water partition coefficient (Wildman–Crippen LogP) is 2.68. The molecule has 5 nitrogen and oxygen atoms in total. The van der Waals surface area contributed by atoms with Gasteiger partial charge in [-0.15, -0.1) is 0 Å². The zero-order chi connectivity index (χ0) is 18.3. The Bertz CT molecular complexity index is 1060. The fraction of sp³-hybridized carbons (Fsp3) is 0.316. The van der Waals surface area contributed by atoms with Crippen molar-refractivity contribution >= 4 is 15.5 Å². The molecule has 3 heterocycles. The fourth-order valence-corrected chi connectivity index (χ4v) is 4.66. The van der Waals surface area contributed by atoms with Crippen LogP contribution in [-0.4, -0.2) is 47.3 Å². The monoisotopic (exact) mass is 373 g/mol. The van der Waals surface area contributed by atoms with E-state index in [-0.39, 0.29) is 17.3 Å². The van der Waals surface area contributed by atoms with Crippen molar-refractivity contribution in [3.63, 3.8) is 0 Å². The van der Waals surface area contributed by atoms with Crippen LogP contribution in [0, 0.1) is 12.7 Å². The van der Waals surface area contributed by atoms with Crippen LogP contribution in [0.4, 0.5) is 4.39 Å². The number of fused-ring (bicyclic) bond motifs is 1. The van der Waals surface area contributed by atoms with Gasteiger partial charge in [0.15, 0.2) is 9.84 Å². The molecule has 0 N–H and O–H groups in total. The zero-order valence-electron chi connectivity index (χ0n) is 14.5. The third-order valence-corrected chi connectivity index (χ3v) is 6.37. The second kappa shape index (κ2) is 6.48. The molecule has 1 aliphatic heterocycles. The molecule has 4 rings (SSSR count). The molecule has 0 amide bonds. The Hall–Kier alpha value is -2.25. The Kier molecular flexibility index (Phi) is 4.28. The van der Waals surface area contributed by atoms with Crippen molar-refractivity contribution in [1.82, 2.24) is 14.3 Å². The highest BCUT2D eigenvalue weighted by Crippen LogP contribution is 2.25. The van der Waals surface area contributed by atoms with Crippen LogP contribution < -0.4 is 0 Å². The van der Waals surface area contributed by atoms with E-state index in [9.17, 15) is 12.8 Å². The van der Waals surface area contributed by atoms with Crippen LogP contribution in [-0.2, 0) is 16.4 Å². The first-order valence-electron chi connectivity index (χ1n) is 8.58. The molecule has 2 aromatic heterocycles. The van der Waals surface area contributed by atoms with Gasteiger partial charge >= 0.3 is 0 Å². The van der Waals surface area contributed by atoms with Crippen LogP contribution in [0.25, 0.3) is 16.9 Å². The number of hydrogen-bond acceptors (Lipinski definition) is 4. The van der Waals surface area contributed by atoms with Gasteiger partial charge in [0.25, 0.3) is 0 Å². The second-order valence-corrected chi connectivity index (χ2v) is 9.07. The van der Waals surface area contributed by atoms with Gasteiger partial charge in [-0.2, -0.15) is 0 Å². The van der Waals surface area contributed by atoms with Gasteiger partial charge in [0.05, 0.1) is 22.9 Å². The van der Waals surface area contributed by atoms with Gasteiger partial charge in [0, 0.05) is 31.4 Å². The summed E-state index contributed by atoms with van der Waals surface area (Å²) >= 11 is 0. The molecule has 0 aliphatic carbocycles. The largest absolute Gasteiger partial charge is 0.299 e. The SMILES string of the molecule is Cc1cn2c(-c3ccc(CN4CCS(=O)(=O)CC4)cc3F)cccc2n1. The van der Waals surface area contributed by atoms with E-state index in [1.54, 1.807) is 12.1 Å². The Morgan fingerprint density at radius 1 is 1.15 bits per heavy atom. The molecule has 1 fully saturated rings. The van der Waals surface area contributed by atoms with Crippen molar-refractivity contribution in [2.75, 3.05) is 24.6 Å². The van der Waals surface area contributed by atoms with Crippen LogP contribution in [0.5, 0.6) is 0 Å². The van der Waals surface area contributed by atoms with Gasteiger partial charge in [-0.1, -0.05) is 12.1 Å². The van der Waals surface area contributed by atoms with E-state index in [1.807, 2.05) is 41.8 Å². The third kappa shape index (κ3) is 3.37. The molecule has 0 spiro atoms. The summed E-state index contributed by atoms with van der Waals surface area (Å²) in [5, 5.41) is 0. The number of nitrogens with zero attached hydrogens (tertiary/aromatic N) is 3. The van der Waals surface area contributed by atoms with Gasteiger partial charge in [0.1, 0.15) is 11.5 Å². The predicted molar refractivity (Wildman–Crippen MR) is 99.3 cm³/mol. The number of aryl methyl sites for hydroxylation is 1. The van der Waals surface area contributed by atoms with E-state index in [4.69, 9.17) is 0 Å². The van der Waals surface area contributed by atoms with E-state index < -0.39 is 9.84 Å². The van der Waals surface area contributed by atoms with Crippen LogP contribution in [0.3, 0.4) is 0 Å². The Morgan fingerprint density at radius 3 is 2.65 bits per heavy atom. The third-order valence-electron chi connectivity index (χ3n) is 4.77. The minimum Gasteiger partial charge on any atom is -0.299 e. The fourth-order valence-electron chi connectivity index (χ4n) is 3.38. The van der Waals surface area contributed by atoms with Crippen molar-refractivity contribution in [3.8, 4) is 11.3 Å². The van der Waals surface area contributed by atoms with Crippen molar-refractivity contribution in [3.05, 3.63) is 59.7 Å². The lowest BCUT2D eigenvalue weighted by Gasteiger charge is -2.26. The lowest BCUT2D eigenvalue weighted by atomic mass is 10.1. The average molecular weight is 373 g/mol. The molecule has 0 unspecified atom stereocenters. The van der Waals surface area contributed by atoms with Crippen molar-refractivity contribution < 1.29 is 12.8 Å². The number of hydrogen-bond donors (Lipinski definition) is 0. The lowest BCUT2D eigenvalue weighted by molar-refractivity contribution is 0.287. The number of benzene rings is 1. The summed E-state index contributed by atoms with van der Waals surface area (Å²) in [5.41, 5.74) is 3.81. The normalized spacial score (nSPS) is 17.6. The molecule has 0 radical (unpaired) electrons. The quantitative estimate of drug-likeness (QED) is 0.708. The van der Waals surface area contributed by atoms with E-state index in [1.165, 1.54) is 0 Å². The molecule has 0 atom stereocenters. The average Bonchev–Trinajstić information content (AvgIpc) is 2.97. The van der Waals surface area contributed by atoms with Crippen LogP contribution in [0.1, 0.15) is 11.3 Å². The number of rotatable bonds is 3. The summed E-state index contributed by atoms with van der Waals surface area (Å²) in [6.07, 6.45) is 1.90. The van der Waals surface area contributed by atoms with E-state index in [0.717, 1.165) is 22.6 Å². The number of imidazole rings is 1. The molecule has 136 valence electrons. The molecule has 7 heteroatoms. The maximum absolute atomic E-state index is 14.8. The minimum atomic E-state index is -2.90. The molecule has 1 aliphatic rings. The van der Waals surface area contributed by atoms with Gasteiger partial charge in [0.2, 0.25) is 0 Å². The van der Waals surface area contributed by atoms with Crippen LogP contribution in [0.15, 0.2) is 42.6 Å². The summed E-state index contributed by atoms with van der Waals surface area (Å²) in [6.45, 7) is 3.47. The standard InChI is InChI=1S/C19H20FN3O2S/c1-14-12-23-18(3-2-4-19(23)21-14)16-6-5-15(11-17(16)20)13-22-7-9-26(24,25)10-8-22/h2-6,11-12H,7-10,13H2,1H3. The molecule has 1 saturated heterocycles. The highest BCUT2D eigenvalue weighted by atomic mass is 32.2. The lowest BCUT2D eigenvalue weighted by Crippen LogP contribution is -2.39. The Balaban J connectivity index is 1.60. The highest BCUT2D eigenvalue weighted by Gasteiger charge is 2.21. The highest BCUT2D eigenvalue weighted by molar-refractivity contribution is 7.91. The minimum absolute atomic E-state index is 0.176. The number of sulfone groups is 1. The van der Waals surface area contributed by atoms with Gasteiger partial charge in [-0.25, -0.2) is 17.8 Å². The van der Waals surface area contributed by atoms with E-state index in [0.29, 0.717) is 25.2 Å². The summed E-state index contributed by atoms with van der Waals surface area (Å²) in [5.74, 6) is 0.0661. The summed E-state index contributed by atoms with van der Waals surface area (Å²) in [6, 6.07) is 10.9. The Labute approximate surface area is 152 Å². The molecule has 0 saturated carbocycles. The van der Waals surface area contributed by atoms with Gasteiger partial charge < -0.3 is 0 Å². The van der Waals surface area contributed by atoms with Crippen LogP contribution in [0.2, 0.25) is 0 Å². The van der Waals surface area contributed by atoms with Crippen molar-refractivity contribution in [2.24, 2.45) is 0 Å². The van der Waals surface area contributed by atoms with Crippen molar-refractivity contribution in [1.29, 1.82) is 0 Å². The second-order valence-electron chi connectivity index (χ2n) is 6.76. The number of pyridine rings is 1. The smallest absolute Gasteiger partial charge is 0.152 e. The van der Waals surface area contributed by atoms with Crippen molar-refractivity contribution in [2.45, 2.75) is 13.5 Å². The topological polar surface area (TPSA) is 54.7 Å². The molecule has 26 heavy (non-hydrogen) atoms. The first kappa shape index (κ1) is 17.2. The molecular formula is C19H20FN3O2S. The number of aromatic nitrogens is 2. The zero-order valence-corrected chi connectivity index (χ0v) is 15.3. The Morgan fingerprint density at radius 2 is 1.92 bits per heavy atom. The summed E-state index contributed by atoms with van der Waals surface area (Å²) in [7, 11) is -2.90. The van der Waals surface area contributed by atoms with Gasteiger partial charge in [-0.05, 0) is 36.8 Å². The first-order chi connectivity index (χ1) is 12.4. The first-order valence-corrected chi connectivity index (χ1v) is 10.4. The molecule has 1 aromatic carbocycles. The maximum atomic E-state index is 14.8. The van der Waals surface area contributed by atoms with Gasteiger partial charge in [-0.3, -0.25) is 9.30 Å². The molecule has 3 aromatic rings. The van der Waals surface area contributed by atoms with Crippen LogP contribution >= 0.6 is 0 Å². The summed E-state index contributed by atoms with van der Waals surface area (Å²) in [4.78, 5) is 6.47.